The van der Waals surface area contributed by atoms with Crippen molar-refractivity contribution in [2.24, 2.45) is 4.99 Å². The van der Waals surface area contributed by atoms with Gasteiger partial charge in [-0.3, -0.25) is 15.1 Å². The summed E-state index contributed by atoms with van der Waals surface area (Å²) in [7, 11) is 2.18. The lowest BCUT2D eigenvalue weighted by Crippen LogP contribution is -2.58. The minimum atomic E-state index is -0.383. The number of aliphatic imine (C=N–C) groups is 1. The molecule has 94 valence electrons. The minimum absolute atomic E-state index is 0.120. The Morgan fingerprint density at radius 3 is 2.65 bits per heavy atom. The van der Waals surface area contributed by atoms with Crippen LogP contribution in [0.5, 0.6) is 0 Å². The molecule has 3 heterocycles. The molecule has 5 nitrogen and oxygen atoms in total. The average molecular weight is 236 g/mol. The number of nitrogens with zero attached hydrogens (tertiary/aromatic N) is 2. The smallest absolute Gasteiger partial charge is 0.252 e. The molecule has 0 aromatic rings. The van der Waals surface area contributed by atoms with Gasteiger partial charge in [0, 0.05) is 18.6 Å². The molecule has 3 rings (SSSR count). The second-order valence-corrected chi connectivity index (χ2v) is 5.44. The lowest BCUT2D eigenvalue weighted by atomic mass is 9.83. The Hall–Kier alpha value is -1.10. The molecule has 3 aliphatic rings. The molecule has 3 fully saturated rings. The second-order valence-electron chi connectivity index (χ2n) is 5.44. The number of hydrogen-bond donors (Lipinski definition) is 2. The van der Waals surface area contributed by atoms with E-state index < -0.39 is 0 Å². The molecule has 5 heteroatoms. The minimum Gasteiger partial charge on any atom is -0.341 e. The average Bonchev–Trinajstić information content (AvgIpc) is 2.68. The van der Waals surface area contributed by atoms with Crippen molar-refractivity contribution in [1.29, 1.82) is 0 Å². The van der Waals surface area contributed by atoms with Crippen LogP contribution >= 0.6 is 0 Å². The predicted molar refractivity (Wildman–Crippen MR) is 65.8 cm³/mol. The molecule has 0 aliphatic carbocycles. The molecule has 1 amide bonds. The van der Waals surface area contributed by atoms with Gasteiger partial charge in [-0.15, -0.1) is 0 Å². The van der Waals surface area contributed by atoms with Crippen LogP contribution < -0.4 is 10.6 Å². The third kappa shape index (κ3) is 1.56. The first-order chi connectivity index (χ1) is 8.14. The molecule has 0 radical (unpaired) electrons. The first-order valence-corrected chi connectivity index (χ1v) is 6.50. The van der Waals surface area contributed by atoms with Crippen LogP contribution in [-0.4, -0.2) is 48.0 Å². The van der Waals surface area contributed by atoms with E-state index in [1.807, 2.05) is 6.92 Å². The molecule has 3 saturated heterocycles. The SMILES string of the molecule is CCN=C1NC(=O)C2(CC3CCC(C2)N3C)N1. The largest absolute Gasteiger partial charge is 0.341 e. The number of hydrogen-bond acceptors (Lipinski definition) is 3. The summed E-state index contributed by atoms with van der Waals surface area (Å²) in [6.07, 6.45) is 4.26. The molecule has 0 aromatic carbocycles. The highest BCUT2D eigenvalue weighted by molar-refractivity contribution is 6.09. The third-order valence-electron chi connectivity index (χ3n) is 4.49. The number of rotatable bonds is 1. The van der Waals surface area contributed by atoms with E-state index in [0.717, 1.165) is 12.8 Å². The van der Waals surface area contributed by atoms with Crippen molar-refractivity contribution >= 4 is 11.9 Å². The molecule has 2 unspecified atom stereocenters. The molecule has 0 aromatic heterocycles. The van der Waals surface area contributed by atoms with Crippen molar-refractivity contribution in [3.8, 4) is 0 Å². The van der Waals surface area contributed by atoms with Crippen molar-refractivity contribution in [3.05, 3.63) is 0 Å². The summed E-state index contributed by atoms with van der Waals surface area (Å²) in [5.74, 6) is 0.788. The van der Waals surface area contributed by atoms with Crippen LogP contribution in [0.2, 0.25) is 0 Å². The van der Waals surface area contributed by atoms with Gasteiger partial charge in [0.05, 0.1) is 0 Å². The Morgan fingerprint density at radius 2 is 2.06 bits per heavy atom. The van der Waals surface area contributed by atoms with Gasteiger partial charge in [-0.05, 0) is 39.7 Å². The highest BCUT2D eigenvalue weighted by Crippen LogP contribution is 2.40. The Bertz CT molecular complexity index is 365. The first-order valence-electron chi connectivity index (χ1n) is 6.50. The lowest BCUT2D eigenvalue weighted by Gasteiger charge is -2.41. The maximum atomic E-state index is 12.2. The molecular weight excluding hydrogens is 216 g/mol. The van der Waals surface area contributed by atoms with Crippen LogP contribution in [-0.2, 0) is 4.79 Å². The number of guanidine groups is 1. The van der Waals surface area contributed by atoms with Crippen LogP contribution in [0, 0.1) is 0 Å². The molecular formula is C12H20N4O. The Kier molecular flexibility index (Phi) is 2.40. The number of fused-ring (bicyclic) bond motifs is 2. The van der Waals surface area contributed by atoms with Crippen LogP contribution in [0.25, 0.3) is 0 Å². The Labute approximate surface area is 102 Å². The molecule has 2 N–H and O–H groups in total. The van der Waals surface area contributed by atoms with Gasteiger partial charge in [0.2, 0.25) is 0 Å². The van der Waals surface area contributed by atoms with E-state index in [1.165, 1.54) is 12.8 Å². The monoisotopic (exact) mass is 236 g/mol. The molecule has 2 bridgehead atoms. The van der Waals surface area contributed by atoms with Gasteiger partial charge in [0.15, 0.2) is 5.96 Å². The molecule has 17 heavy (non-hydrogen) atoms. The lowest BCUT2D eigenvalue weighted by molar-refractivity contribution is -0.126. The highest BCUT2D eigenvalue weighted by Gasteiger charge is 2.54. The standard InChI is InChI=1S/C12H20N4O/c1-3-13-11-14-10(17)12(15-11)6-8-4-5-9(7-12)16(8)2/h8-9H,3-7H2,1-2H3,(H2,13,14,15,17). The predicted octanol–water partition coefficient (Wildman–Crippen LogP) is 0.0771. The van der Waals surface area contributed by atoms with Crippen LogP contribution in [0.3, 0.4) is 0 Å². The van der Waals surface area contributed by atoms with Gasteiger partial charge in [0.1, 0.15) is 5.54 Å². The van der Waals surface area contributed by atoms with E-state index in [2.05, 4.69) is 27.6 Å². The summed E-state index contributed by atoms with van der Waals surface area (Å²) < 4.78 is 0. The Balaban J connectivity index is 1.84. The van der Waals surface area contributed by atoms with Crippen LogP contribution in [0.15, 0.2) is 4.99 Å². The molecule has 3 aliphatic heterocycles. The summed E-state index contributed by atoms with van der Waals surface area (Å²) >= 11 is 0. The first kappa shape index (κ1) is 11.0. The molecule has 2 atom stereocenters. The maximum Gasteiger partial charge on any atom is 0.252 e. The summed E-state index contributed by atoms with van der Waals surface area (Å²) in [5, 5.41) is 6.22. The van der Waals surface area contributed by atoms with E-state index in [-0.39, 0.29) is 11.4 Å². The zero-order valence-corrected chi connectivity index (χ0v) is 10.5. The summed E-state index contributed by atoms with van der Waals surface area (Å²) in [6.45, 7) is 2.68. The van der Waals surface area contributed by atoms with Crippen molar-refractivity contribution < 1.29 is 4.79 Å². The maximum absolute atomic E-state index is 12.2. The van der Waals surface area contributed by atoms with E-state index in [9.17, 15) is 4.79 Å². The zero-order chi connectivity index (χ0) is 12.0. The highest BCUT2D eigenvalue weighted by atomic mass is 16.2. The van der Waals surface area contributed by atoms with Gasteiger partial charge >= 0.3 is 0 Å². The van der Waals surface area contributed by atoms with Crippen molar-refractivity contribution in [1.82, 2.24) is 15.5 Å². The number of piperidine rings is 1. The van der Waals surface area contributed by atoms with Gasteiger partial charge in [-0.2, -0.15) is 0 Å². The summed E-state index contributed by atoms with van der Waals surface area (Å²) in [5.41, 5.74) is -0.383. The van der Waals surface area contributed by atoms with Gasteiger partial charge < -0.3 is 10.2 Å². The van der Waals surface area contributed by atoms with Gasteiger partial charge in [-0.25, -0.2) is 0 Å². The van der Waals surface area contributed by atoms with Crippen molar-refractivity contribution in [2.45, 2.75) is 50.2 Å². The van der Waals surface area contributed by atoms with Crippen LogP contribution in [0.4, 0.5) is 0 Å². The van der Waals surface area contributed by atoms with E-state index in [4.69, 9.17) is 0 Å². The number of amides is 1. The van der Waals surface area contributed by atoms with Gasteiger partial charge in [-0.1, -0.05) is 0 Å². The summed E-state index contributed by atoms with van der Waals surface area (Å²) in [4.78, 5) is 18.9. The summed E-state index contributed by atoms with van der Waals surface area (Å²) in [6, 6.07) is 1.10. The number of carbonyl (C=O) groups is 1. The topological polar surface area (TPSA) is 56.7 Å². The fraction of sp³-hybridized carbons (Fsp3) is 0.833. The Morgan fingerprint density at radius 1 is 1.41 bits per heavy atom. The van der Waals surface area contributed by atoms with E-state index >= 15 is 0 Å². The zero-order valence-electron chi connectivity index (χ0n) is 10.5. The fourth-order valence-electron chi connectivity index (χ4n) is 3.54. The van der Waals surface area contributed by atoms with E-state index in [0.29, 0.717) is 24.6 Å². The number of nitrogens with one attached hydrogen (secondary N) is 2. The number of carbonyl (C=O) groups excluding carboxylic acids is 1. The fourth-order valence-corrected chi connectivity index (χ4v) is 3.54. The quantitative estimate of drug-likeness (QED) is 0.678. The van der Waals surface area contributed by atoms with Gasteiger partial charge in [0.25, 0.3) is 5.91 Å². The molecule has 1 spiro atoms. The van der Waals surface area contributed by atoms with E-state index in [1.54, 1.807) is 0 Å². The second kappa shape index (κ2) is 3.70. The third-order valence-corrected chi connectivity index (χ3v) is 4.49. The molecule has 0 saturated carbocycles. The van der Waals surface area contributed by atoms with Crippen molar-refractivity contribution in [3.63, 3.8) is 0 Å². The normalized spacial score (nSPS) is 43.2. The van der Waals surface area contributed by atoms with Crippen molar-refractivity contribution in [2.75, 3.05) is 13.6 Å². The van der Waals surface area contributed by atoms with Crippen LogP contribution in [0.1, 0.15) is 32.6 Å².